The number of benzene rings is 1. The van der Waals surface area contributed by atoms with Crippen LogP contribution in [0.1, 0.15) is 19.4 Å². The lowest BCUT2D eigenvalue weighted by Gasteiger charge is -2.26. The highest BCUT2D eigenvalue weighted by atomic mass is 35.5. The fraction of sp³-hybridized carbons (Fsp3) is 0.250. The lowest BCUT2D eigenvalue weighted by atomic mass is 9.84. The van der Waals surface area contributed by atoms with Crippen LogP contribution in [0.25, 0.3) is 11.0 Å². The van der Waals surface area contributed by atoms with Crippen LogP contribution in [0.3, 0.4) is 0 Å². The van der Waals surface area contributed by atoms with Crippen LogP contribution in [0.15, 0.2) is 36.7 Å². The van der Waals surface area contributed by atoms with Crippen LogP contribution in [0, 0.1) is 0 Å². The van der Waals surface area contributed by atoms with Crippen molar-refractivity contribution in [1.29, 1.82) is 0 Å². The van der Waals surface area contributed by atoms with Gasteiger partial charge < -0.3 is 10.3 Å². The number of hydrogen-bond acceptors (Lipinski definition) is 3. The van der Waals surface area contributed by atoms with Gasteiger partial charge in [-0.15, -0.1) is 0 Å². The summed E-state index contributed by atoms with van der Waals surface area (Å²) in [6, 6.07) is 7.61. The molecule has 0 amide bonds. The topological polar surface area (TPSA) is 53.6 Å². The largest absolute Gasteiger partial charge is 0.355 e. The van der Waals surface area contributed by atoms with E-state index in [0.717, 1.165) is 22.5 Å². The van der Waals surface area contributed by atoms with E-state index in [-0.39, 0.29) is 5.41 Å². The second-order valence-corrected chi connectivity index (χ2v) is 6.66. The van der Waals surface area contributed by atoms with E-state index in [1.54, 1.807) is 12.4 Å². The van der Waals surface area contributed by atoms with Crippen LogP contribution in [0.4, 0.5) is 5.95 Å². The molecule has 0 aliphatic heterocycles. The van der Waals surface area contributed by atoms with Gasteiger partial charge in [0.05, 0.1) is 27.3 Å². The summed E-state index contributed by atoms with van der Waals surface area (Å²) in [7, 11) is 0. The van der Waals surface area contributed by atoms with Crippen LogP contribution in [0.5, 0.6) is 0 Å². The first kappa shape index (κ1) is 15.1. The number of rotatable bonds is 4. The molecule has 114 valence electrons. The van der Waals surface area contributed by atoms with Gasteiger partial charge in [-0.3, -0.25) is 4.98 Å². The highest BCUT2D eigenvalue weighted by Gasteiger charge is 2.21. The first-order valence-corrected chi connectivity index (χ1v) is 7.70. The van der Waals surface area contributed by atoms with Gasteiger partial charge in [-0.25, -0.2) is 4.98 Å². The number of imidazole rings is 1. The molecule has 3 aromatic rings. The summed E-state index contributed by atoms with van der Waals surface area (Å²) in [6.07, 6.45) is 3.49. The summed E-state index contributed by atoms with van der Waals surface area (Å²) >= 11 is 12.1. The Bertz CT molecular complexity index is 778. The van der Waals surface area contributed by atoms with E-state index in [2.05, 4.69) is 34.1 Å². The summed E-state index contributed by atoms with van der Waals surface area (Å²) in [5.74, 6) is 0.733. The Balaban J connectivity index is 1.77. The van der Waals surface area contributed by atoms with Crippen molar-refractivity contribution < 1.29 is 0 Å². The van der Waals surface area contributed by atoms with Crippen LogP contribution in [-0.4, -0.2) is 21.5 Å². The minimum Gasteiger partial charge on any atom is -0.355 e. The molecule has 0 fully saturated rings. The summed E-state index contributed by atoms with van der Waals surface area (Å²) in [5, 5.41) is 4.48. The Hall–Kier alpha value is -1.78. The molecule has 1 aromatic carbocycles. The standard InChI is InChI=1S/C16H16Cl2N4/c1-16(2,10-3-4-11(17)12(18)7-10)9-20-15-21-13-5-6-19-8-14(13)22-15/h3-8H,9H2,1-2H3,(H2,20,21,22). The Morgan fingerprint density at radius 3 is 2.73 bits per heavy atom. The maximum atomic E-state index is 6.11. The molecule has 0 saturated carbocycles. The van der Waals surface area contributed by atoms with E-state index < -0.39 is 0 Å². The van der Waals surface area contributed by atoms with Crippen molar-refractivity contribution in [3.63, 3.8) is 0 Å². The summed E-state index contributed by atoms with van der Waals surface area (Å²) in [5.41, 5.74) is 2.81. The molecule has 22 heavy (non-hydrogen) atoms. The molecule has 0 saturated heterocycles. The number of aromatic nitrogens is 3. The quantitative estimate of drug-likeness (QED) is 0.729. The van der Waals surface area contributed by atoms with Gasteiger partial charge >= 0.3 is 0 Å². The van der Waals surface area contributed by atoms with Crippen molar-refractivity contribution in [2.24, 2.45) is 0 Å². The van der Waals surface area contributed by atoms with Gasteiger partial charge in [-0.2, -0.15) is 0 Å². The van der Waals surface area contributed by atoms with Crippen LogP contribution in [0.2, 0.25) is 10.0 Å². The predicted octanol–water partition coefficient (Wildman–Crippen LogP) is 4.65. The lowest BCUT2D eigenvalue weighted by Crippen LogP contribution is -2.28. The first-order valence-electron chi connectivity index (χ1n) is 6.95. The van der Waals surface area contributed by atoms with Crippen molar-refractivity contribution in [3.8, 4) is 0 Å². The maximum absolute atomic E-state index is 6.11. The zero-order valence-electron chi connectivity index (χ0n) is 12.3. The molecular weight excluding hydrogens is 319 g/mol. The highest BCUT2D eigenvalue weighted by molar-refractivity contribution is 6.42. The van der Waals surface area contributed by atoms with Gasteiger partial charge in [-0.1, -0.05) is 43.1 Å². The molecule has 2 N–H and O–H groups in total. The van der Waals surface area contributed by atoms with E-state index in [9.17, 15) is 0 Å². The third-order valence-electron chi connectivity index (χ3n) is 3.68. The van der Waals surface area contributed by atoms with Gasteiger partial charge in [0.25, 0.3) is 0 Å². The van der Waals surface area contributed by atoms with Crippen LogP contribution >= 0.6 is 23.2 Å². The molecular formula is C16H16Cl2N4. The molecule has 3 rings (SSSR count). The third-order valence-corrected chi connectivity index (χ3v) is 4.42. The molecule has 0 unspecified atom stereocenters. The minimum atomic E-state index is -0.120. The van der Waals surface area contributed by atoms with Gasteiger partial charge in [0.1, 0.15) is 0 Å². The number of halogens is 2. The number of H-pyrrole nitrogens is 1. The van der Waals surface area contributed by atoms with Crippen molar-refractivity contribution in [2.45, 2.75) is 19.3 Å². The zero-order valence-corrected chi connectivity index (χ0v) is 13.8. The number of nitrogens with one attached hydrogen (secondary N) is 2. The molecule has 0 atom stereocenters. The van der Waals surface area contributed by atoms with E-state index in [4.69, 9.17) is 23.2 Å². The fourth-order valence-electron chi connectivity index (χ4n) is 2.26. The smallest absolute Gasteiger partial charge is 0.201 e. The maximum Gasteiger partial charge on any atom is 0.201 e. The summed E-state index contributed by atoms with van der Waals surface area (Å²) in [4.78, 5) is 11.8. The molecule has 4 nitrogen and oxygen atoms in total. The minimum absolute atomic E-state index is 0.120. The normalized spacial score (nSPS) is 11.8. The summed E-state index contributed by atoms with van der Waals surface area (Å²) in [6.45, 7) is 4.99. The van der Waals surface area contributed by atoms with Crippen molar-refractivity contribution in [3.05, 3.63) is 52.3 Å². The van der Waals surface area contributed by atoms with Crippen LogP contribution in [-0.2, 0) is 5.41 Å². The Morgan fingerprint density at radius 1 is 1.18 bits per heavy atom. The second-order valence-electron chi connectivity index (χ2n) is 5.84. The molecule has 0 bridgehead atoms. The number of nitrogens with zero attached hydrogens (tertiary/aromatic N) is 2. The zero-order chi connectivity index (χ0) is 15.7. The SMILES string of the molecule is CC(C)(CNc1nc2ccncc2[nH]1)c1ccc(Cl)c(Cl)c1. The molecule has 0 radical (unpaired) electrons. The molecule has 2 aromatic heterocycles. The average molecular weight is 335 g/mol. The van der Waals surface area contributed by atoms with E-state index in [0.29, 0.717) is 16.6 Å². The first-order chi connectivity index (χ1) is 10.5. The highest BCUT2D eigenvalue weighted by Crippen LogP contribution is 2.30. The van der Waals surface area contributed by atoms with Gasteiger partial charge in [0.2, 0.25) is 5.95 Å². The van der Waals surface area contributed by atoms with Gasteiger partial charge in [0, 0.05) is 18.2 Å². The summed E-state index contributed by atoms with van der Waals surface area (Å²) < 4.78 is 0. The van der Waals surface area contributed by atoms with Crippen molar-refractivity contribution in [2.75, 3.05) is 11.9 Å². The van der Waals surface area contributed by atoms with E-state index in [1.807, 2.05) is 24.3 Å². The number of hydrogen-bond donors (Lipinski definition) is 2. The van der Waals surface area contributed by atoms with Crippen molar-refractivity contribution >= 4 is 40.2 Å². The van der Waals surface area contributed by atoms with Gasteiger partial charge in [0.15, 0.2) is 0 Å². The third kappa shape index (κ3) is 3.03. The van der Waals surface area contributed by atoms with E-state index in [1.165, 1.54) is 0 Å². The fourth-order valence-corrected chi connectivity index (χ4v) is 2.56. The van der Waals surface area contributed by atoms with E-state index >= 15 is 0 Å². The lowest BCUT2D eigenvalue weighted by molar-refractivity contribution is 0.555. The van der Waals surface area contributed by atoms with Gasteiger partial charge in [-0.05, 0) is 23.8 Å². The molecule has 0 aliphatic rings. The molecule has 6 heteroatoms. The predicted molar refractivity (Wildman–Crippen MR) is 91.9 cm³/mol. The monoisotopic (exact) mass is 334 g/mol. The molecule has 0 aliphatic carbocycles. The average Bonchev–Trinajstić information content (AvgIpc) is 2.91. The molecule has 0 spiro atoms. The van der Waals surface area contributed by atoms with Crippen LogP contribution < -0.4 is 5.32 Å². The Morgan fingerprint density at radius 2 is 2.00 bits per heavy atom. The number of anilines is 1. The number of pyridine rings is 1. The number of aromatic amines is 1. The number of fused-ring (bicyclic) bond motifs is 1. The van der Waals surface area contributed by atoms with Crippen molar-refractivity contribution in [1.82, 2.24) is 15.0 Å². The Labute approximate surface area is 138 Å². The second kappa shape index (κ2) is 5.78. The Kier molecular flexibility index (Phi) is 3.98. The molecule has 2 heterocycles.